The minimum Gasteiger partial charge on any atom is -0.310 e. The molecule has 0 aliphatic heterocycles. The molecule has 1 atom stereocenters. The van der Waals surface area contributed by atoms with Crippen molar-refractivity contribution in [2.45, 2.75) is 26.8 Å². The van der Waals surface area contributed by atoms with E-state index < -0.39 is 0 Å². The third-order valence-electron chi connectivity index (χ3n) is 2.37. The van der Waals surface area contributed by atoms with E-state index in [2.05, 4.69) is 66.3 Å². The van der Waals surface area contributed by atoms with Crippen LogP contribution in [0.5, 0.6) is 0 Å². The molecule has 1 aromatic carbocycles. The number of hydrogen-bond donors (Lipinski definition) is 1. The van der Waals surface area contributed by atoms with Gasteiger partial charge in [0.2, 0.25) is 0 Å². The molecule has 0 bridgehead atoms. The highest BCUT2D eigenvalue weighted by atomic mass is 79.9. The Labute approximate surface area is 101 Å². The van der Waals surface area contributed by atoms with Crippen LogP contribution in [0.2, 0.25) is 0 Å². The van der Waals surface area contributed by atoms with Gasteiger partial charge in [-0.15, -0.1) is 0 Å². The summed E-state index contributed by atoms with van der Waals surface area (Å²) in [6, 6.07) is 6.78. The minimum absolute atomic E-state index is 0.298. The van der Waals surface area contributed by atoms with E-state index in [9.17, 15) is 0 Å². The first kappa shape index (κ1) is 12.5. The van der Waals surface area contributed by atoms with Gasteiger partial charge in [-0.3, -0.25) is 0 Å². The van der Waals surface area contributed by atoms with Crippen molar-refractivity contribution in [3.05, 3.63) is 45.4 Å². The van der Waals surface area contributed by atoms with Crippen molar-refractivity contribution in [2.75, 3.05) is 7.05 Å². The molecule has 15 heavy (non-hydrogen) atoms. The number of nitrogens with one attached hydrogen (secondary N) is 1. The van der Waals surface area contributed by atoms with Crippen LogP contribution in [0, 0.1) is 6.92 Å². The Morgan fingerprint density at radius 3 is 2.53 bits per heavy atom. The maximum absolute atomic E-state index is 3.56. The van der Waals surface area contributed by atoms with Gasteiger partial charge in [-0.25, -0.2) is 0 Å². The topological polar surface area (TPSA) is 12.0 Å². The molecule has 1 N–H and O–H groups in total. The van der Waals surface area contributed by atoms with Gasteiger partial charge in [0.05, 0.1) is 6.04 Å². The maximum Gasteiger partial charge on any atom is 0.0506 e. The fourth-order valence-electron chi connectivity index (χ4n) is 1.48. The maximum atomic E-state index is 3.56. The van der Waals surface area contributed by atoms with Crippen molar-refractivity contribution < 1.29 is 0 Å². The van der Waals surface area contributed by atoms with Crippen molar-refractivity contribution in [2.24, 2.45) is 0 Å². The molecule has 0 saturated heterocycles. The van der Waals surface area contributed by atoms with Gasteiger partial charge in [0.25, 0.3) is 0 Å². The summed E-state index contributed by atoms with van der Waals surface area (Å²) in [5.41, 5.74) is 3.88. The van der Waals surface area contributed by atoms with Gasteiger partial charge in [-0.2, -0.15) is 0 Å². The molecule has 1 rings (SSSR count). The van der Waals surface area contributed by atoms with Crippen LogP contribution < -0.4 is 5.32 Å². The van der Waals surface area contributed by atoms with Gasteiger partial charge in [-0.1, -0.05) is 39.7 Å². The van der Waals surface area contributed by atoms with E-state index in [0.29, 0.717) is 6.04 Å². The molecule has 1 nitrogen and oxygen atoms in total. The second kappa shape index (κ2) is 5.47. The third-order valence-corrected chi connectivity index (χ3v) is 3.22. The lowest BCUT2D eigenvalue weighted by Crippen LogP contribution is -2.14. The first-order chi connectivity index (χ1) is 7.04. The molecular formula is C13H18BrN. The highest BCUT2D eigenvalue weighted by Gasteiger charge is 2.06. The summed E-state index contributed by atoms with van der Waals surface area (Å²) in [6.45, 7) is 6.34. The number of halogens is 1. The molecule has 0 heterocycles. The number of hydrogen-bond acceptors (Lipinski definition) is 1. The number of rotatable bonds is 3. The fourth-order valence-corrected chi connectivity index (χ4v) is 1.88. The molecule has 82 valence electrons. The van der Waals surface area contributed by atoms with Gasteiger partial charge in [0.1, 0.15) is 0 Å². The van der Waals surface area contributed by atoms with Crippen molar-refractivity contribution in [3.63, 3.8) is 0 Å². The zero-order valence-corrected chi connectivity index (χ0v) is 11.4. The largest absolute Gasteiger partial charge is 0.310 e. The van der Waals surface area contributed by atoms with Crippen LogP contribution in [0.3, 0.4) is 0 Å². The Balaban J connectivity index is 3.03. The second-order valence-electron chi connectivity index (χ2n) is 4.02. The van der Waals surface area contributed by atoms with Crippen LogP contribution in [0.25, 0.3) is 0 Å². The summed E-state index contributed by atoms with van der Waals surface area (Å²) in [5.74, 6) is 0. The molecule has 0 aliphatic carbocycles. The standard InChI is InChI=1S/C13H18BrN/c1-9(2)7-13(15-4)11-6-5-10(3)12(14)8-11/h5-8,13,15H,1-4H3. The molecule has 0 amide bonds. The lowest BCUT2D eigenvalue weighted by molar-refractivity contribution is 0.709. The van der Waals surface area contributed by atoms with Crippen molar-refractivity contribution >= 4 is 15.9 Å². The average Bonchev–Trinajstić information content (AvgIpc) is 2.18. The monoisotopic (exact) mass is 267 g/mol. The van der Waals surface area contributed by atoms with E-state index in [4.69, 9.17) is 0 Å². The molecule has 0 saturated carbocycles. The van der Waals surface area contributed by atoms with Gasteiger partial charge >= 0.3 is 0 Å². The van der Waals surface area contributed by atoms with Gasteiger partial charge in [0, 0.05) is 4.47 Å². The second-order valence-corrected chi connectivity index (χ2v) is 4.87. The SMILES string of the molecule is CNC(C=C(C)C)c1ccc(C)c(Br)c1. The Hall–Kier alpha value is -0.600. The van der Waals surface area contributed by atoms with Gasteiger partial charge < -0.3 is 5.32 Å². The van der Waals surface area contributed by atoms with E-state index in [1.165, 1.54) is 21.2 Å². The molecule has 2 heteroatoms. The van der Waals surface area contributed by atoms with Crippen molar-refractivity contribution in [3.8, 4) is 0 Å². The molecule has 0 fully saturated rings. The molecular weight excluding hydrogens is 250 g/mol. The number of allylic oxidation sites excluding steroid dienone is 1. The fraction of sp³-hybridized carbons (Fsp3) is 0.385. The first-order valence-corrected chi connectivity index (χ1v) is 5.92. The molecule has 0 aliphatic rings. The van der Waals surface area contributed by atoms with E-state index in [1.807, 2.05) is 7.05 Å². The molecule has 0 radical (unpaired) electrons. The highest BCUT2D eigenvalue weighted by Crippen LogP contribution is 2.23. The van der Waals surface area contributed by atoms with Gasteiger partial charge in [0.15, 0.2) is 0 Å². The predicted octanol–water partition coefficient (Wildman–Crippen LogP) is 3.98. The van der Waals surface area contributed by atoms with Crippen LogP contribution >= 0.6 is 15.9 Å². The van der Waals surface area contributed by atoms with E-state index in [-0.39, 0.29) is 0 Å². The highest BCUT2D eigenvalue weighted by molar-refractivity contribution is 9.10. The Morgan fingerprint density at radius 1 is 1.40 bits per heavy atom. The van der Waals surface area contributed by atoms with E-state index >= 15 is 0 Å². The van der Waals surface area contributed by atoms with Crippen LogP contribution in [0.1, 0.15) is 31.0 Å². The summed E-state index contributed by atoms with van der Waals surface area (Å²) in [7, 11) is 1.98. The molecule has 1 aromatic rings. The Bertz CT molecular complexity index is 365. The van der Waals surface area contributed by atoms with Crippen LogP contribution in [-0.4, -0.2) is 7.05 Å². The number of likely N-dealkylation sites (N-methyl/N-ethyl adjacent to an activating group) is 1. The van der Waals surface area contributed by atoms with Crippen molar-refractivity contribution in [1.82, 2.24) is 5.32 Å². The first-order valence-electron chi connectivity index (χ1n) is 5.13. The van der Waals surface area contributed by atoms with Crippen LogP contribution in [0.15, 0.2) is 34.3 Å². The number of benzene rings is 1. The smallest absolute Gasteiger partial charge is 0.0506 e. The van der Waals surface area contributed by atoms with Crippen LogP contribution in [-0.2, 0) is 0 Å². The summed E-state index contributed by atoms with van der Waals surface area (Å²) in [4.78, 5) is 0. The number of aryl methyl sites for hydroxylation is 1. The van der Waals surface area contributed by atoms with E-state index in [1.54, 1.807) is 0 Å². The normalized spacial score (nSPS) is 12.3. The Kier molecular flexibility index (Phi) is 4.55. The lowest BCUT2D eigenvalue weighted by atomic mass is 10.0. The van der Waals surface area contributed by atoms with Crippen molar-refractivity contribution in [1.29, 1.82) is 0 Å². The average molecular weight is 268 g/mol. The quantitative estimate of drug-likeness (QED) is 0.817. The molecule has 0 aromatic heterocycles. The molecule has 0 spiro atoms. The summed E-state index contributed by atoms with van der Waals surface area (Å²) >= 11 is 3.56. The van der Waals surface area contributed by atoms with E-state index in [0.717, 1.165) is 0 Å². The Morgan fingerprint density at radius 2 is 2.07 bits per heavy atom. The van der Waals surface area contributed by atoms with Gasteiger partial charge in [-0.05, 0) is 45.0 Å². The van der Waals surface area contributed by atoms with Crippen LogP contribution in [0.4, 0.5) is 0 Å². The predicted molar refractivity (Wildman–Crippen MR) is 70.1 cm³/mol. The summed E-state index contributed by atoms with van der Waals surface area (Å²) in [5, 5.41) is 3.30. The molecule has 1 unspecified atom stereocenters. The summed E-state index contributed by atoms with van der Waals surface area (Å²) in [6.07, 6.45) is 2.23. The zero-order valence-electron chi connectivity index (χ0n) is 9.76. The minimum atomic E-state index is 0.298. The lowest BCUT2D eigenvalue weighted by Gasteiger charge is -2.14. The third kappa shape index (κ3) is 3.47. The summed E-state index contributed by atoms with van der Waals surface area (Å²) < 4.78 is 1.17. The zero-order chi connectivity index (χ0) is 11.4.